The van der Waals surface area contributed by atoms with E-state index < -0.39 is 0 Å². The number of hydrogen-bond acceptors (Lipinski definition) is 3. The van der Waals surface area contributed by atoms with Crippen LogP contribution in [0.4, 0.5) is 0 Å². The van der Waals surface area contributed by atoms with Gasteiger partial charge in [0.05, 0.1) is 5.69 Å². The van der Waals surface area contributed by atoms with E-state index in [1.165, 1.54) is 44.7 Å². The predicted molar refractivity (Wildman–Crippen MR) is 206 cm³/mol. The topological polar surface area (TPSA) is 25.8 Å². The third-order valence-corrected chi connectivity index (χ3v) is 13.9. The number of allylic oxidation sites excluding steroid dienone is 6. The summed E-state index contributed by atoms with van der Waals surface area (Å²) < 4.78 is 1.33. The Kier molecular flexibility index (Phi) is 6.38. The normalized spacial score (nSPS) is 25.2. The molecule has 5 aliphatic carbocycles. The molecule has 0 radical (unpaired) electrons. The average Bonchev–Trinajstić information content (AvgIpc) is 3.70. The fourth-order valence-electron chi connectivity index (χ4n) is 10.3. The Morgan fingerprint density at radius 1 is 0.776 bits per heavy atom. The molecule has 0 aliphatic heterocycles. The Hall–Kier alpha value is -4.34. The molecule has 0 amide bonds. The minimum atomic E-state index is 0.0669. The van der Waals surface area contributed by atoms with E-state index >= 15 is 0 Å². The highest BCUT2D eigenvalue weighted by molar-refractivity contribution is 7.16. The van der Waals surface area contributed by atoms with Crippen LogP contribution in [0.1, 0.15) is 70.4 Å². The van der Waals surface area contributed by atoms with Gasteiger partial charge in [-0.05, 0) is 76.3 Å². The standard InChI is InChI=1S/C46H42N2S/c1-45(2)36-16-10-8-14-31(36)34-25-39-35(26-38(34)45)33-24-30(22-23-37(33)46(39,3)4)27-18-20-29(21-19-27)43-47-42(28-12-6-5-7-13-28)41-32-15-9-11-17-40(32)49-44(41)48-43/h5-8,10,12-13,15-25,31,34-35,38H,9,11,14,26H2,1-4H3. The van der Waals surface area contributed by atoms with E-state index in [1.807, 2.05) is 0 Å². The molecule has 4 unspecified atom stereocenters. The van der Waals surface area contributed by atoms with Crippen LogP contribution in [0.15, 0.2) is 108 Å². The number of aromatic nitrogens is 2. The maximum Gasteiger partial charge on any atom is 0.161 e. The molecule has 3 heteroatoms. The van der Waals surface area contributed by atoms with Gasteiger partial charge in [-0.3, -0.25) is 0 Å². The summed E-state index contributed by atoms with van der Waals surface area (Å²) in [4.78, 5) is 11.5. The molecular formula is C46H42N2S. The van der Waals surface area contributed by atoms with E-state index in [1.54, 1.807) is 28.0 Å². The quantitative estimate of drug-likeness (QED) is 0.181. The minimum absolute atomic E-state index is 0.0669. The van der Waals surface area contributed by atoms with Crippen molar-refractivity contribution >= 4 is 33.7 Å². The lowest BCUT2D eigenvalue weighted by molar-refractivity contribution is 0.219. The first-order valence-electron chi connectivity index (χ1n) is 18.2. The third kappa shape index (κ3) is 4.31. The average molecular weight is 655 g/mol. The molecule has 2 nitrogen and oxygen atoms in total. The first-order chi connectivity index (χ1) is 23.8. The lowest BCUT2D eigenvalue weighted by Crippen LogP contribution is -2.30. The molecule has 1 fully saturated rings. The smallest absolute Gasteiger partial charge is 0.161 e. The lowest BCUT2D eigenvalue weighted by Gasteiger charge is -2.38. The summed E-state index contributed by atoms with van der Waals surface area (Å²) in [6.45, 7) is 9.96. The Bertz CT molecular complexity index is 2400. The van der Waals surface area contributed by atoms with Crippen LogP contribution < -0.4 is 9.75 Å². The highest BCUT2D eigenvalue weighted by atomic mass is 32.1. The van der Waals surface area contributed by atoms with Gasteiger partial charge in [-0.1, -0.05) is 148 Å². The Balaban J connectivity index is 1.02. The van der Waals surface area contributed by atoms with E-state index in [0.717, 1.165) is 40.3 Å². The van der Waals surface area contributed by atoms with Gasteiger partial charge in [-0.2, -0.15) is 0 Å². The summed E-state index contributed by atoms with van der Waals surface area (Å²) in [7, 11) is 0. The maximum absolute atomic E-state index is 5.24. The van der Waals surface area contributed by atoms with Crippen molar-refractivity contribution in [3.05, 3.63) is 129 Å². The van der Waals surface area contributed by atoms with Crippen molar-refractivity contribution in [1.82, 2.24) is 9.97 Å². The number of rotatable bonds is 3. The van der Waals surface area contributed by atoms with E-state index in [9.17, 15) is 0 Å². The van der Waals surface area contributed by atoms with Crippen molar-refractivity contribution in [3.8, 4) is 33.8 Å². The van der Waals surface area contributed by atoms with Crippen LogP contribution in [0.2, 0.25) is 0 Å². The van der Waals surface area contributed by atoms with Gasteiger partial charge in [0.25, 0.3) is 0 Å². The van der Waals surface area contributed by atoms with E-state index in [4.69, 9.17) is 9.97 Å². The van der Waals surface area contributed by atoms with Crippen molar-refractivity contribution in [3.63, 3.8) is 0 Å². The van der Waals surface area contributed by atoms with Crippen LogP contribution >= 0.6 is 11.3 Å². The summed E-state index contributed by atoms with van der Waals surface area (Å²) in [5.74, 6) is 3.30. The molecule has 0 N–H and O–H groups in total. The lowest BCUT2D eigenvalue weighted by atomic mass is 9.65. The van der Waals surface area contributed by atoms with E-state index in [0.29, 0.717) is 23.7 Å². The summed E-state index contributed by atoms with van der Waals surface area (Å²) >= 11 is 1.80. The summed E-state index contributed by atoms with van der Waals surface area (Å²) in [6.07, 6.45) is 19.2. The molecule has 0 saturated heterocycles. The molecule has 2 aromatic heterocycles. The van der Waals surface area contributed by atoms with Crippen LogP contribution in [-0.2, 0) is 5.41 Å². The van der Waals surface area contributed by atoms with Gasteiger partial charge in [0.1, 0.15) is 4.83 Å². The molecule has 242 valence electrons. The van der Waals surface area contributed by atoms with Crippen molar-refractivity contribution < 1.29 is 0 Å². The van der Waals surface area contributed by atoms with E-state index in [2.05, 4.69) is 137 Å². The fraction of sp³-hybridized carbons (Fsp3) is 0.304. The number of fused-ring (bicyclic) bond motifs is 9. The zero-order valence-electron chi connectivity index (χ0n) is 28.8. The summed E-state index contributed by atoms with van der Waals surface area (Å²) in [5.41, 5.74) is 12.5. The molecule has 2 heterocycles. The van der Waals surface area contributed by atoms with Gasteiger partial charge in [0, 0.05) is 32.4 Å². The van der Waals surface area contributed by atoms with Crippen LogP contribution in [-0.4, -0.2) is 9.97 Å². The molecule has 5 aromatic rings. The van der Waals surface area contributed by atoms with Crippen LogP contribution in [0.25, 0.3) is 56.1 Å². The minimum Gasteiger partial charge on any atom is -0.227 e. The highest BCUT2D eigenvalue weighted by Crippen LogP contribution is 2.65. The predicted octanol–water partition coefficient (Wildman–Crippen LogP) is 10.5. The zero-order valence-corrected chi connectivity index (χ0v) is 29.6. The van der Waals surface area contributed by atoms with Crippen molar-refractivity contribution in [2.24, 2.45) is 23.2 Å². The van der Waals surface area contributed by atoms with Crippen molar-refractivity contribution in [2.45, 2.75) is 64.7 Å². The number of nitrogens with zero attached hydrogens (tertiary/aromatic N) is 2. The van der Waals surface area contributed by atoms with Gasteiger partial charge in [-0.15, -0.1) is 11.3 Å². The van der Waals surface area contributed by atoms with Crippen LogP contribution in [0.5, 0.6) is 0 Å². The molecule has 0 bridgehead atoms. The fourth-order valence-corrected chi connectivity index (χ4v) is 11.5. The number of hydrogen-bond donors (Lipinski definition) is 0. The molecule has 49 heavy (non-hydrogen) atoms. The first-order valence-corrected chi connectivity index (χ1v) is 19.0. The molecule has 4 atom stereocenters. The van der Waals surface area contributed by atoms with Gasteiger partial charge >= 0.3 is 0 Å². The van der Waals surface area contributed by atoms with Crippen LogP contribution in [0, 0.1) is 23.2 Å². The van der Waals surface area contributed by atoms with Gasteiger partial charge in [0.2, 0.25) is 0 Å². The zero-order chi connectivity index (χ0) is 33.1. The number of benzene rings is 3. The van der Waals surface area contributed by atoms with Crippen LogP contribution in [0.3, 0.4) is 0 Å². The monoisotopic (exact) mass is 654 g/mol. The summed E-state index contributed by atoms with van der Waals surface area (Å²) in [5, 5.41) is 2.50. The molecule has 5 aliphatic rings. The van der Waals surface area contributed by atoms with E-state index in [-0.39, 0.29) is 10.8 Å². The van der Waals surface area contributed by atoms with Crippen molar-refractivity contribution in [2.75, 3.05) is 0 Å². The Morgan fingerprint density at radius 2 is 1.55 bits per heavy atom. The van der Waals surface area contributed by atoms with Gasteiger partial charge in [-0.25, -0.2) is 9.97 Å². The molecule has 0 spiro atoms. The molecule has 3 aromatic carbocycles. The third-order valence-electron chi connectivity index (χ3n) is 12.8. The molecule has 10 rings (SSSR count). The first kappa shape index (κ1) is 29.6. The van der Waals surface area contributed by atoms with Gasteiger partial charge in [0.15, 0.2) is 5.82 Å². The number of thiophene rings is 1. The second-order valence-electron chi connectivity index (χ2n) is 16.0. The highest BCUT2D eigenvalue weighted by Gasteiger charge is 2.56. The van der Waals surface area contributed by atoms with Gasteiger partial charge < -0.3 is 0 Å². The Labute approximate surface area is 293 Å². The second-order valence-corrected chi connectivity index (χ2v) is 17.1. The molecular weight excluding hydrogens is 613 g/mol. The second kappa shape index (κ2) is 10.6. The largest absolute Gasteiger partial charge is 0.227 e. The maximum atomic E-state index is 5.24. The Morgan fingerprint density at radius 3 is 2.39 bits per heavy atom. The van der Waals surface area contributed by atoms with Crippen molar-refractivity contribution in [1.29, 1.82) is 0 Å². The summed E-state index contributed by atoms with van der Waals surface area (Å²) in [6, 6.07) is 26.9. The SMILES string of the molecule is CC1(C)C2=CC3C4CC=CC=C4C(C)(C)C3CC2c2cc(-c3ccc(-c4nc(-c5ccccc5)c5c6c(sc5n4)=CCCC=6)cc3)ccc21. The molecule has 1 saturated carbocycles.